The van der Waals surface area contributed by atoms with E-state index in [4.69, 9.17) is 16.3 Å². The second kappa shape index (κ2) is 8.63. The van der Waals surface area contributed by atoms with Gasteiger partial charge in [0.2, 0.25) is 5.91 Å². The molecule has 1 heterocycles. The predicted octanol–water partition coefficient (Wildman–Crippen LogP) is 2.53. The Hall–Kier alpha value is -1.75. The lowest BCUT2D eigenvalue weighted by Gasteiger charge is -2.34. The number of rotatable bonds is 5. The lowest BCUT2D eigenvalue weighted by atomic mass is 10.0. The van der Waals surface area contributed by atoms with Gasteiger partial charge in [-0.2, -0.15) is 0 Å². The van der Waals surface area contributed by atoms with Crippen LogP contribution >= 0.6 is 11.6 Å². The standard InChI is InChI=1S/C16H21ClN2O3/c17-10-15(20)18-11-14-8-4-5-9-19(14)16(21)22-12-13-6-2-1-3-7-13/h1-3,6-7,14H,4-5,8-12H2,(H,18,20). The van der Waals surface area contributed by atoms with E-state index in [9.17, 15) is 9.59 Å². The molecule has 1 aliphatic heterocycles. The number of amides is 2. The van der Waals surface area contributed by atoms with Crippen molar-refractivity contribution in [3.8, 4) is 0 Å². The minimum atomic E-state index is -0.325. The van der Waals surface area contributed by atoms with Gasteiger partial charge in [-0.05, 0) is 24.8 Å². The second-order valence-corrected chi connectivity index (χ2v) is 5.59. The zero-order chi connectivity index (χ0) is 15.8. The molecule has 0 aliphatic carbocycles. The highest BCUT2D eigenvalue weighted by Crippen LogP contribution is 2.18. The normalized spacial score (nSPS) is 17.9. The summed E-state index contributed by atoms with van der Waals surface area (Å²) >= 11 is 5.47. The van der Waals surface area contributed by atoms with Crippen LogP contribution in [0, 0.1) is 0 Å². The first-order chi connectivity index (χ1) is 10.7. The molecule has 1 aromatic carbocycles. The fourth-order valence-corrected chi connectivity index (χ4v) is 2.63. The molecule has 2 rings (SSSR count). The first-order valence-electron chi connectivity index (χ1n) is 7.50. The fourth-order valence-electron chi connectivity index (χ4n) is 2.53. The molecule has 1 fully saturated rings. The first-order valence-corrected chi connectivity index (χ1v) is 8.04. The average Bonchev–Trinajstić information content (AvgIpc) is 2.58. The van der Waals surface area contributed by atoms with Crippen LogP contribution < -0.4 is 5.32 Å². The summed E-state index contributed by atoms with van der Waals surface area (Å²) in [5, 5.41) is 2.74. The monoisotopic (exact) mass is 324 g/mol. The van der Waals surface area contributed by atoms with Crippen molar-refractivity contribution < 1.29 is 14.3 Å². The zero-order valence-electron chi connectivity index (χ0n) is 12.5. The van der Waals surface area contributed by atoms with Crippen molar-refractivity contribution in [1.82, 2.24) is 10.2 Å². The molecule has 0 spiro atoms. The number of hydrogen-bond acceptors (Lipinski definition) is 3. The molecule has 5 nitrogen and oxygen atoms in total. The molecule has 1 saturated heterocycles. The molecule has 0 bridgehead atoms. The molecule has 1 N–H and O–H groups in total. The number of likely N-dealkylation sites (tertiary alicyclic amines) is 1. The molecule has 2 amide bonds. The Kier molecular flexibility index (Phi) is 6.52. The van der Waals surface area contributed by atoms with Gasteiger partial charge in [-0.15, -0.1) is 11.6 Å². The number of hydrogen-bond donors (Lipinski definition) is 1. The van der Waals surface area contributed by atoms with Gasteiger partial charge in [0.25, 0.3) is 0 Å². The Labute approximate surface area is 135 Å². The van der Waals surface area contributed by atoms with Crippen molar-refractivity contribution in [2.75, 3.05) is 19.0 Å². The lowest BCUT2D eigenvalue weighted by Crippen LogP contribution is -2.49. The Bertz CT molecular complexity index is 495. The first kappa shape index (κ1) is 16.6. The van der Waals surface area contributed by atoms with Gasteiger partial charge in [0.05, 0.1) is 6.04 Å². The van der Waals surface area contributed by atoms with Gasteiger partial charge in [0, 0.05) is 13.1 Å². The molecule has 1 atom stereocenters. The minimum absolute atomic E-state index is 0.0239. The van der Waals surface area contributed by atoms with Crippen LogP contribution in [0.15, 0.2) is 30.3 Å². The van der Waals surface area contributed by atoms with Crippen LogP contribution in [-0.4, -0.2) is 41.9 Å². The van der Waals surface area contributed by atoms with Crippen LogP contribution in [0.4, 0.5) is 4.79 Å². The van der Waals surface area contributed by atoms with Crippen molar-refractivity contribution >= 4 is 23.6 Å². The Balaban J connectivity index is 1.86. The molecular weight excluding hydrogens is 304 g/mol. The number of nitrogens with one attached hydrogen (secondary N) is 1. The molecule has 0 saturated carbocycles. The molecule has 22 heavy (non-hydrogen) atoms. The maximum absolute atomic E-state index is 12.3. The predicted molar refractivity (Wildman–Crippen MR) is 84.7 cm³/mol. The van der Waals surface area contributed by atoms with E-state index in [1.54, 1.807) is 4.90 Å². The van der Waals surface area contributed by atoms with E-state index >= 15 is 0 Å². The summed E-state index contributed by atoms with van der Waals surface area (Å²) in [6, 6.07) is 9.56. The number of ether oxygens (including phenoxy) is 1. The Morgan fingerprint density at radius 2 is 2.05 bits per heavy atom. The van der Waals surface area contributed by atoms with Crippen molar-refractivity contribution in [2.45, 2.75) is 31.9 Å². The van der Waals surface area contributed by atoms with Crippen molar-refractivity contribution in [1.29, 1.82) is 0 Å². The van der Waals surface area contributed by atoms with E-state index in [0.717, 1.165) is 24.8 Å². The van der Waals surface area contributed by atoms with Gasteiger partial charge >= 0.3 is 6.09 Å². The smallest absolute Gasteiger partial charge is 0.410 e. The molecule has 6 heteroatoms. The summed E-state index contributed by atoms with van der Waals surface area (Å²) in [6.07, 6.45) is 2.54. The van der Waals surface area contributed by atoms with Crippen LogP contribution in [0.3, 0.4) is 0 Å². The summed E-state index contributed by atoms with van der Waals surface area (Å²) in [6.45, 7) is 1.35. The van der Waals surface area contributed by atoms with Crippen molar-refractivity contribution in [3.05, 3.63) is 35.9 Å². The van der Waals surface area contributed by atoms with Gasteiger partial charge in [-0.25, -0.2) is 4.79 Å². The van der Waals surface area contributed by atoms with Crippen LogP contribution in [0.5, 0.6) is 0 Å². The molecule has 0 radical (unpaired) electrons. The number of carbonyl (C=O) groups excluding carboxylic acids is 2. The maximum Gasteiger partial charge on any atom is 0.410 e. The third-order valence-corrected chi connectivity index (χ3v) is 3.97. The van der Waals surface area contributed by atoms with Gasteiger partial charge in [-0.3, -0.25) is 4.79 Å². The van der Waals surface area contributed by atoms with Crippen molar-refractivity contribution in [2.24, 2.45) is 0 Å². The SMILES string of the molecule is O=C(CCl)NCC1CCCCN1C(=O)OCc1ccccc1. The van der Waals surface area contributed by atoms with Gasteiger partial charge in [0.15, 0.2) is 0 Å². The van der Waals surface area contributed by atoms with E-state index in [1.807, 2.05) is 30.3 Å². The summed E-state index contributed by atoms with van der Waals surface area (Å²) < 4.78 is 5.38. The molecule has 120 valence electrons. The fraction of sp³-hybridized carbons (Fsp3) is 0.500. The Morgan fingerprint density at radius 1 is 1.27 bits per heavy atom. The number of piperidine rings is 1. The highest BCUT2D eigenvalue weighted by molar-refractivity contribution is 6.27. The van der Waals surface area contributed by atoms with E-state index in [0.29, 0.717) is 13.1 Å². The molecular formula is C16H21ClN2O3. The summed E-state index contributed by atoms with van der Waals surface area (Å²) in [5.41, 5.74) is 0.958. The number of alkyl halides is 1. The van der Waals surface area contributed by atoms with E-state index < -0.39 is 0 Å². The molecule has 0 aromatic heterocycles. The average molecular weight is 325 g/mol. The number of benzene rings is 1. The molecule has 1 aliphatic rings. The van der Waals surface area contributed by atoms with Crippen molar-refractivity contribution in [3.63, 3.8) is 0 Å². The molecule has 1 aromatic rings. The van der Waals surface area contributed by atoms with Crippen LogP contribution in [-0.2, 0) is 16.1 Å². The van der Waals surface area contributed by atoms with Gasteiger partial charge in [-0.1, -0.05) is 30.3 Å². The number of nitrogens with zero attached hydrogens (tertiary/aromatic N) is 1. The van der Waals surface area contributed by atoms with Gasteiger partial charge < -0.3 is 15.0 Å². The zero-order valence-corrected chi connectivity index (χ0v) is 13.2. The van der Waals surface area contributed by atoms with Crippen LogP contribution in [0.25, 0.3) is 0 Å². The third kappa shape index (κ3) is 4.91. The topological polar surface area (TPSA) is 58.6 Å². The van der Waals surface area contributed by atoms with Gasteiger partial charge in [0.1, 0.15) is 12.5 Å². The van der Waals surface area contributed by atoms with E-state index in [-0.39, 0.29) is 30.5 Å². The lowest BCUT2D eigenvalue weighted by molar-refractivity contribution is -0.119. The number of carbonyl (C=O) groups is 2. The second-order valence-electron chi connectivity index (χ2n) is 5.32. The quantitative estimate of drug-likeness (QED) is 0.847. The van der Waals surface area contributed by atoms with Crippen LogP contribution in [0.2, 0.25) is 0 Å². The summed E-state index contributed by atoms with van der Waals surface area (Å²) in [5.74, 6) is -0.282. The summed E-state index contributed by atoms with van der Waals surface area (Å²) in [4.78, 5) is 25.2. The highest BCUT2D eigenvalue weighted by atomic mass is 35.5. The Morgan fingerprint density at radius 3 is 2.77 bits per heavy atom. The van der Waals surface area contributed by atoms with E-state index in [1.165, 1.54) is 0 Å². The van der Waals surface area contributed by atoms with E-state index in [2.05, 4.69) is 5.32 Å². The molecule has 1 unspecified atom stereocenters. The summed E-state index contributed by atoms with van der Waals surface area (Å²) in [7, 11) is 0. The maximum atomic E-state index is 12.3. The van der Waals surface area contributed by atoms with Crippen LogP contribution in [0.1, 0.15) is 24.8 Å². The highest BCUT2D eigenvalue weighted by Gasteiger charge is 2.28. The third-order valence-electron chi connectivity index (χ3n) is 3.72. The largest absolute Gasteiger partial charge is 0.445 e. The number of halogens is 1. The minimum Gasteiger partial charge on any atom is -0.445 e.